The second kappa shape index (κ2) is 9.25. The number of hydrogen-bond donors (Lipinski definition) is 0. The molecule has 0 spiro atoms. The van der Waals surface area contributed by atoms with E-state index < -0.39 is 5.97 Å². The van der Waals surface area contributed by atoms with Crippen molar-refractivity contribution in [1.82, 2.24) is 0 Å². The second-order valence-corrected chi connectivity index (χ2v) is 8.79. The number of anilines is 1. The van der Waals surface area contributed by atoms with Crippen LogP contribution in [0.3, 0.4) is 0 Å². The minimum atomic E-state index is -0.463. The van der Waals surface area contributed by atoms with Crippen LogP contribution in [0, 0.1) is 0 Å². The quantitative estimate of drug-likeness (QED) is 0.630. The molecule has 29 heavy (non-hydrogen) atoms. The highest BCUT2D eigenvalue weighted by molar-refractivity contribution is 5.97. The standard InChI is InChI=1S/C25H31NO3/c1-25(2,3)20-16-14-19(15-17-20)24(28)29-18-23(27)26(21-10-6-4-7-11-21)22-12-8-5-9-13-22/h4,6-7,10-11,14-17,22H,5,8-9,12-13,18H2,1-3H3. The first-order valence-corrected chi connectivity index (χ1v) is 10.5. The molecule has 3 rings (SSSR count). The number of nitrogens with zero attached hydrogens (tertiary/aromatic N) is 1. The van der Waals surface area contributed by atoms with Gasteiger partial charge in [-0.25, -0.2) is 4.79 Å². The van der Waals surface area contributed by atoms with Gasteiger partial charge in [0.25, 0.3) is 5.91 Å². The fraction of sp³-hybridized carbons (Fsp3) is 0.440. The first kappa shape index (κ1) is 21.1. The Morgan fingerprint density at radius 3 is 2.14 bits per heavy atom. The third-order valence-electron chi connectivity index (χ3n) is 5.56. The summed E-state index contributed by atoms with van der Waals surface area (Å²) in [4.78, 5) is 27.3. The number of rotatable bonds is 5. The SMILES string of the molecule is CC(C)(C)c1ccc(C(=O)OCC(=O)N(c2ccccc2)C2CCCCC2)cc1. The van der Waals surface area contributed by atoms with Gasteiger partial charge in [0, 0.05) is 11.7 Å². The van der Waals surface area contributed by atoms with Gasteiger partial charge in [-0.05, 0) is 48.1 Å². The molecule has 1 saturated carbocycles. The summed E-state index contributed by atoms with van der Waals surface area (Å²) in [5.74, 6) is -0.627. The normalized spacial score (nSPS) is 15.0. The molecule has 0 heterocycles. The fourth-order valence-electron chi connectivity index (χ4n) is 3.87. The van der Waals surface area contributed by atoms with Crippen LogP contribution in [-0.2, 0) is 14.9 Å². The summed E-state index contributed by atoms with van der Waals surface area (Å²) in [6.45, 7) is 6.14. The van der Waals surface area contributed by atoms with E-state index in [1.807, 2.05) is 47.4 Å². The van der Waals surface area contributed by atoms with Gasteiger partial charge in [0.2, 0.25) is 0 Å². The summed E-state index contributed by atoms with van der Waals surface area (Å²) < 4.78 is 5.38. The lowest BCUT2D eigenvalue weighted by Crippen LogP contribution is -2.43. The summed E-state index contributed by atoms with van der Waals surface area (Å²) >= 11 is 0. The zero-order valence-corrected chi connectivity index (χ0v) is 17.7. The molecule has 2 aromatic rings. The van der Waals surface area contributed by atoms with E-state index in [0.29, 0.717) is 5.56 Å². The predicted molar refractivity (Wildman–Crippen MR) is 116 cm³/mol. The minimum Gasteiger partial charge on any atom is -0.452 e. The highest BCUT2D eigenvalue weighted by Gasteiger charge is 2.27. The summed E-state index contributed by atoms with van der Waals surface area (Å²) in [7, 11) is 0. The van der Waals surface area contributed by atoms with Gasteiger partial charge < -0.3 is 9.64 Å². The Kier molecular flexibility index (Phi) is 6.73. The number of carbonyl (C=O) groups is 2. The van der Waals surface area contributed by atoms with Gasteiger partial charge in [0.05, 0.1) is 5.56 Å². The molecule has 1 fully saturated rings. The molecule has 0 N–H and O–H groups in total. The van der Waals surface area contributed by atoms with E-state index in [1.165, 1.54) is 6.42 Å². The van der Waals surface area contributed by atoms with Gasteiger partial charge in [-0.15, -0.1) is 0 Å². The maximum absolute atomic E-state index is 13.0. The Morgan fingerprint density at radius 1 is 0.931 bits per heavy atom. The molecule has 1 amide bonds. The van der Waals surface area contributed by atoms with E-state index in [1.54, 1.807) is 12.1 Å². The van der Waals surface area contributed by atoms with Gasteiger partial charge in [-0.2, -0.15) is 0 Å². The van der Waals surface area contributed by atoms with E-state index in [2.05, 4.69) is 20.8 Å². The molecule has 2 aromatic carbocycles. The van der Waals surface area contributed by atoms with Crippen LogP contribution in [0.1, 0.15) is 68.8 Å². The van der Waals surface area contributed by atoms with Gasteiger partial charge in [-0.3, -0.25) is 4.79 Å². The molecule has 0 aliphatic heterocycles. The van der Waals surface area contributed by atoms with Crippen LogP contribution in [0.15, 0.2) is 54.6 Å². The average Bonchev–Trinajstić information content (AvgIpc) is 2.73. The molecule has 4 nitrogen and oxygen atoms in total. The van der Waals surface area contributed by atoms with Crippen molar-refractivity contribution in [3.8, 4) is 0 Å². The Bertz CT molecular complexity index is 815. The van der Waals surface area contributed by atoms with Crippen LogP contribution >= 0.6 is 0 Å². The Labute approximate surface area is 173 Å². The lowest BCUT2D eigenvalue weighted by molar-refractivity contribution is -0.122. The van der Waals surface area contributed by atoms with Crippen molar-refractivity contribution in [2.24, 2.45) is 0 Å². The summed E-state index contributed by atoms with van der Waals surface area (Å²) in [5, 5.41) is 0. The Balaban J connectivity index is 1.67. The Hall–Kier alpha value is -2.62. The number of ether oxygens (including phenoxy) is 1. The number of amides is 1. The van der Waals surface area contributed by atoms with Crippen LogP contribution < -0.4 is 4.90 Å². The van der Waals surface area contributed by atoms with Crippen molar-refractivity contribution < 1.29 is 14.3 Å². The van der Waals surface area contributed by atoms with Gasteiger partial charge in [0.1, 0.15) is 0 Å². The number of benzene rings is 2. The third kappa shape index (κ3) is 5.47. The van der Waals surface area contributed by atoms with Crippen molar-refractivity contribution in [2.45, 2.75) is 64.3 Å². The maximum Gasteiger partial charge on any atom is 0.338 e. The zero-order valence-electron chi connectivity index (χ0n) is 17.7. The summed E-state index contributed by atoms with van der Waals surface area (Å²) in [6, 6.07) is 17.3. The zero-order chi connectivity index (χ0) is 20.9. The first-order chi connectivity index (χ1) is 13.9. The number of esters is 1. The molecular formula is C25H31NO3. The Morgan fingerprint density at radius 2 is 1.55 bits per heavy atom. The number of hydrogen-bond acceptors (Lipinski definition) is 3. The molecule has 0 saturated heterocycles. The minimum absolute atomic E-state index is 0.0224. The van der Waals surface area contributed by atoms with Crippen molar-refractivity contribution in [3.05, 3.63) is 65.7 Å². The monoisotopic (exact) mass is 393 g/mol. The topological polar surface area (TPSA) is 46.6 Å². The lowest BCUT2D eigenvalue weighted by atomic mass is 9.87. The maximum atomic E-state index is 13.0. The number of para-hydroxylation sites is 1. The van der Waals surface area contributed by atoms with Crippen molar-refractivity contribution in [1.29, 1.82) is 0 Å². The van der Waals surface area contributed by atoms with E-state index >= 15 is 0 Å². The largest absolute Gasteiger partial charge is 0.452 e. The van der Waals surface area contributed by atoms with Crippen LogP contribution in [0.4, 0.5) is 5.69 Å². The molecule has 0 radical (unpaired) electrons. The molecule has 0 bridgehead atoms. The van der Waals surface area contributed by atoms with E-state index in [4.69, 9.17) is 4.74 Å². The predicted octanol–water partition coefficient (Wildman–Crippen LogP) is 5.51. The second-order valence-electron chi connectivity index (χ2n) is 8.79. The molecule has 0 unspecified atom stereocenters. The van der Waals surface area contributed by atoms with Gasteiger partial charge in [-0.1, -0.05) is 70.4 Å². The van der Waals surface area contributed by atoms with Crippen LogP contribution in [0.2, 0.25) is 0 Å². The molecule has 1 aliphatic carbocycles. The van der Waals surface area contributed by atoms with Crippen LogP contribution in [-0.4, -0.2) is 24.5 Å². The van der Waals surface area contributed by atoms with Crippen molar-refractivity contribution >= 4 is 17.6 Å². The van der Waals surface area contributed by atoms with E-state index in [9.17, 15) is 9.59 Å². The van der Waals surface area contributed by atoms with Crippen LogP contribution in [0.5, 0.6) is 0 Å². The third-order valence-corrected chi connectivity index (χ3v) is 5.56. The van der Waals surface area contributed by atoms with E-state index in [-0.39, 0.29) is 24.0 Å². The van der Waals surface area contributed by atoms with Gasteiger partial charge in [0.15, 0.2) is 6.61 Å². The molecule has 4 heteroatoms. The van der Waals surface area contributed by atoms with E-state index in [0.717, 1.165) is 36.9 Å². The highest BCUT2D eigenvalue weighted by atomic mass is 16.5. The van der Waals surface area contributed by atoms with Crippen molar-refractivity contribution in [3.63, 3.8) is 0 Å². The van der Waals surface area contributed by atoms with Crippen LogP contribution in [0.25, 0.3) is 0 Å². The lowest BCUT2D eigenvalue weighted by Gasteiger charge is -2.34. The first-order valence-electron chi connectivity index (χ1n) is 10.5. The molecule has 154 valence electrons. The highest BCUT2D eigenvalue weighted by Crippen LogP contribution is 2.27. The molecule has 1 aliphatic rings. The average molecular weight is 394 g/mol. The molecule has 0 aromatic heterocycles. The number of carbonyl (C=O) groups excluding carboxylic acids is 2. The molecular weight excluding hydrogens is 362 g/mol. The molecule has 0 atom stereocenters. The smallest absolute Gasteiger partial charge is 0.338 e. The summed E-state index contributed by atoms with van der Waals surface area (Å²) in [5.41, 5.74) is 2.51. The van der Waals surface area contributed by atoms with Gasteiger partial charge >= 0.3 is 5.97 Å². The fourth-order valence-corrected chi connectivity index (χ4v) is 3.87. The van der Waals surface area contributed by atoms with Crippen molar-refractivity contribution in [2.75, 3.05) is 11.5 Å². The summed E-state index contributed by atoms with van der Waals surface area (Å²) in [6.07, 6.45) is 5.45.